The van der Waals surface area contributed by atoms with E-state index in [0.29, 0.717) is 36.3 Å². The topological polar surface area (TPSA) is 63.6 Å². The minimum Gasteiger partial charge on any atom is -0.494 e. The molecule has 23 heavy (non-hydrogen) atoms. The largest absolute Gasteiger partial charge is 0.494 e. The number of ether oxygens (including phenoxy) is 1. The van der Waals surface area contributed by atoms with Crippen LogP contribution in [0.1, 0.15) is 40.7 Å². The molecule has 2 aromatic carbocycles. The van der Waals surface area contributed by atoms with Gasteiger partial charge in [0, 0.05) is 17.5 Å². The van der Waals surface area contributed by atoms with Crippen molar-refractivity contribution in [3.05, 3.63) is 65.2 Å². The maximum absolute atomic E-state index is 12.3. The van der Waals surface area contributed by atoms with Gasteiger partial charge in [0.2, 0.25) is 0 Å². The summed E-state index contributed by atoms with van der Waals surface area (Å²) in [5, 5.41) is 8.55. The molecule has 2 rings (SSSR count). The molecule has 0 amide bonds. The lowest BCUT2D eigenvalue weighted by Crippen LogP contribution is -2.02. The Labute approximate surface area is 135 Å². The lowest BCUT2D eigenvalue weighted by atomic mass is 10.0. The second kappa shape index (κ2) is 8.13. The van der Waals surface area contributed by atoms with Crippen LogP contribution in [0.2, 0.25) is 0 Å². The van der Waals surface area contributed by atoms with Crippen molar-refractivity contribution >= 4 is 11.8 Å². The van der Waals surface area contributed by atoms with Crippen molar-refractivity contribution in [2.75, 3.05) is 6.61 Å². The average Bonchev–Trinajstić information content (AvgIpc) is 2.55. The summed E-state index contributed by atoms with van der Waals surface area (Å²) in [6.45, 7) is 2.45. The van der Waals surface area contributed by atoms with Crippen molar-refractivity contribution in [1.82, 2.24) is 0 Å². The third kappa shape index (κ3) is 5.25. The maximum Gasteiger partial charge on any atom is 0.303 e. The first-order valence-corrected chi connectivity index (χ1v) is 7.62. The van der Waals surface area contributed by atoms with Gasteiger partial charge < -0.3 is 9.84 Å². The highest BCUT2D eigenvalue weighted by atomic mass is 16.5. The molecule has 0 atom stereocenters. The smallest absolute Gasteiger partial charge is 0.303 e. The average molecular weight is 312 g/mol. The Hall–Kier alpha value is -2.62. The van der Waals surface area contributed by atoms with Gasteiger partial charge in [-0.3, -0.25) is 9.59 Å². The van der Waals surface area contributed by atoms with E-state index in [1.165, 1.54) is 0 Å². The molecule has 0 aromatic heterocycles. The van der Waals surface area contributed by atoms with E-state index in [1.54, 1.807) is 24.3 Å². The van der Waals surface area contributed by atoms with E-state index in [1.807, 2.05) is 31.2 Å². The summed E-state index contributed by atoms with van der Waals surface area (Å²) in [6.07, 6.45) is 1.45. The fourth-order valence-corrected chi connectivity index (χ4v) is 2.14. The van der Waals surface area contributed by atoms with E-state index in [4.69, 9.17) is 9.84 Å². The normalized spacial score (nSPS) is 10.3. The van der Waals surface area contributed by atoms with Gasteiger partial charge in [0.25, 0.3) is 0 Å². The van der Waals surface area contributed by atoms with Crippen LogP contribution in [0, 0.1) is 6.92 Å². The second-order valence-corrected chi connectivity index (χ2v) is 5.42. The Balaban J connectivity index is 1.87. The molecule has 4 heteroatoms. The number of carbonyl (C=O) groups is 2. The fourth-order valence-electron chi connectivity index (χ4n) is 2.14. The van der Waals surface area contributed by atoms with Crippen LogP contribution in [-0.2, 0) is 4.79 Å². The molecule has 1 N–H and O–H groups in total. The van der Waals surface area contributed by atoms with Gasteiger partial charge in [-0.15, -0.1) is 0 Å². The van der Waals surface area contributed by atoms with Crippen molar-refractivity contribution in [2.24, 2.45) is 0 Å². The molecule has 0 aliphatic rings. The minimum absolute atomic E-state index is 0.0157. The number of aliphatic carboxylic acids is 1. The first-order valence-electron chi connectivity index (χ1n) is 7.62. The first kappa shape index (κ1) is 16.7. The Morgan fingerprint density at radius 1 is 0.913 bits per heavy atom. The van der Waals surface area contributed by atoms with Crippen LogP contribution in [0.3, 0.4) is 0 Å². The lowest BCUT2D eigenvalue weighted by Gasteiger charge is -2.07. The number of ketones is 1. The summed E-state index contributed by atoms with van der Waals surface area (Å²) in [5.74, 6) is -0.122. The molecule has 0 unspecified atom stereocenters. The molecule has 0 aliphatic heterocycles. The summed E-state index contributed by atoms with van der Waals surface area (Å²) in [7, 11) is 0. The zero-order valence-electron chi connectivity index (χ0n) is 13.1. The third-order valence-corrected chi connectivity index (χ3v) is 3.48. The van der Waals surface area contributed by atoms with Crippen LogP contribution < -0.4 is 4.74 Å². The molecule has 120 valence electrons. The molecular formula is C19H20O4. The van der Waals surface area contributed by atoms with Crippen molar-refractivity contribution < 1.29 is 19.4 Å². The summed E-state index contributed by atoms with van der Waals surface area (Å²) in [6, 6.07) is 14.5. The number of hydrogen-bond donors (Lipinski definition) is 1. The molecule has 0 spiro atoms. The maximum atomic E-state index is 12.3. The molecule has 0 aliphatic carbocycles. The molecule has 4 nitrogen and oxygen atoms in total. The van der Waals surface area contributed by atoms with Gasteiger partial charge in [-0.2, -0.15) is 0 Å². The zero-order valence-corrected chi connectivity index (χ0v) is 13.1. The van der Waals surface area contributed by atoms with Crippen LogP contribution in [0.5, 0.6) is 5.75 Å². The van der Waals surface area contributed by atoms with Gasteiger partial charge in [0.1, 0.15) is 5.75 Å². The van der Waals surface area contributed by atoms with E-state index < -0.39 is 5.97 Å². The van der Waals surface area contributed by atoms with Crippen LogP contribution >= 0.6 is 0 Å². The highest BCUT2D eigenvalue weighted by molar-refractivity contribution is 6.09. The number of carbonyl (C=O) groups excluding carboxylic acids is 1. The van der Waals surface area contributed by atoms with Crippen molar-refractivity contribution in [3.8, 4) is 5.75 Å². The Bertz CT molecular complexity index is 657. The Morgan fingerprint density at radius 2 is 1.48 bits per heavy atom. The van der Waals surface area contributed by atoms with Crippen LogP contribution in [0.4, 0.5) is 0 Å². The molecular weight excluding hydrogens is 292 g/mol. The van der Waals surface area contributed by atoms with Crippen LogP contribution in [-0.4, -0.2) is 23.5 Å². The summed E-state index contributed by atoms with van der Waals surface area (Å²) < 4.78 is 5.54. The molecule has 0 saturated heterocycles. The van der Waals surface area contributed by atoms with Gasteiger partial charge in [0.05, 0.1) is 6.61 Å². The Kier molecular flexibility index (Phi) is 5.92. The monoisotopic (exact) mass is 312 g/mol. The highest BCUT2D eigenvalue weighted by Gasteiger charge is 2.08. The number of carboxylic acid groups (broad SMARTS) is 1. The van der Waals surface area contributed by atoms with Gasteiger partial charge in [-0.25, -0.2) is 0 Å². The predicted octanol–water partition coefficient (Wildman–Crippen LogP) is 3.86. The fraction of sp³-hybridized carbons (Fsp3) is 0.263. The number of carboxylic acids is 1. The Morgan fingerprint density at radius 3 is 2.04 bits per heavy atom. The van der Waals surface area contributed by atoms with Crippen LogP contribution in [0.25, 0.3) is 0 Å². The van der Waals surface area contributed by atoms with E-state index in [0.717, 1.165) is 5.56 Å². The highest BCUT2D eigenvalue weighted by Crippen LogP contribution is 2.16. The van der Waals surface area contributed by atoms with Gasteiger partial charge in [-0.1, -0.05) is 29.8 Å². The number of aryl methyl sites for hydroxylation is 1. The van der Waals surface area contributed by atoms with E-state index in [9.17, 15) is 9.59 Å². The molecule has 0 heterocycles. The lowest BCUT2D eigenvalue weighted by molar-refractivity contribution is -0.137. The predicted molar refractivity (Wildman–Crippen MR) is 88.0 cm³/mol. The summed E-state index contributed by atoms with van der Waals surface area (Å²) >= 11 is 0. The standard InChI is InChI=1S/C19H20O4/c1-14-5-7-15(8-6-14)19(22)16-9-11-17(12-10-16)23-13-3-2-4-18(20)21/h5-12H,2-4,13H2,1H3,(H,20,21). The van der Waals surface area contributed by atoms with E-state index >= 15 is 0 Å². The molecule has 0 fully saturated rings. The van der Waals surface area contributed by atoms with Crippen molar-refractivity contribution in [1.29, 1.82) is 0 Å². The van der Waals surface area contributed by atoms with Gasteiger partial charge in [0.15, 0.2) is 5.78 Å². The molecule has 2 aromatic rings. The zero-order chi connectivity index (χ0) is 16.7. The minimum atomic E-state index is -0.788. The second-order valence-electron chi connectivity index (χ2n) is 5.42. The van der Waals surface area contributed by atoms with Gasteiger partial charge >= 0.3 is 5.97 Å². The third-order valence-electron chi connectivity index (χ3n) is 3.48. The molecule has 0 bridgehead atoms. The quantitative estimate of drug-likeness (QED) is 0.594. The number of hydrogen-bond acceptors (Lipinski definition) is 3. The summed E-state index contributed by atoms with van der Waals surface area (Å²) in [5.41, 5.74) is 2.40. The number of unbranched alkanes of at least 4 members (excludes halogenated alkanes) is 1. The molecule has 0 saturated carbocycles. The van der Waals surface area contributed by atoms with E-state index in [2.05, 4.69) is 0 Å². The number of benzene rings is 2. The van der Waals surface area contributed by atoms with E-state index in [-0.39, 0.29) is 12.2 Å². The SMILES string of the molecule is Cc1ccc(C(=O)c2ccc(OCCCCC(=O)O)cc2)cc1. The van der Waals surface area contributed by atoms with Crippen molar-refractivity contribution in [3.63, 3.8) is 0 Å². The molecule has 0 radical (unpaired) electrons. The first-order chi connectivity index (χ1) is 11.1. The van der Waals surface area contributed by atoms with Crippen LogP contribution in [0.15, 0.2) is 48.5 Å². The van der Waals surface area contributed by atoms with Crippen molar-refractivity contribution in [2.45, 2.75) is 26.2 Å². The summed E-state index contributed by atoms with van der Waals surface area (Å²) in [4.78, 5) is 22.7. The number of rotatable bonds is 8. The van der Waals surface area contributed by atoms with Gasteiger partial charge in [-0.05, 0) is 44.0 Å².